The molecule has 0 radical (unpaired) electrons. The summed E-state index contributed by atoms with van der Waals surface area (Å²) in [6.45, 7) is 5.67. The highest BCUT2D eigenvalue weighted by atomic mass is 35.5. The Hall–Kier alpha value is -2.08. The molecule has 1 aliphatic rings. The van der Waals surface area contributed by atoms with Gasteiger partial charge < -0.3 is 14.8 Å². The number of hydrogen-bond acceptors (Lipinski definition) is 4. The predicted molar refractivity (Wildman–Crippen MR) is 107 cm³/mol. The van der Waals surface area contributed by atoms with Crippen molar-refractivity contribution in [3.63, 3.8) is 0 Å². The minimum absolute atomic E-state index is 0.0867. The molecule has 1 saturated heterocycles. The third-order valence-corrected chi connectivity index (χ3v) is 5.05. The lowest BCUT2D eigenvalue weighted by molar-refractivity contribution is 0.0162. The van der Waals surface area contributed by atoms with Crippen LogP contribution >= 0.6 is 11.6 Å². The van der Waals surface area contributed by atoms with Gasteiger partial charge in [-0.1, -0.05) is 41.4 Å². The van der Waals surface area contributed by atoms with Crippen LogP contribution in [0.1, 0.15) is 27.5 Å². The number of morpholine rings is 1. The van der Waals surface area contributed by atoms with E-state index in [2.05, 4.69) is 41.4 Å². The van der Waals surface area contributed by atoms with E-state index in [1.165, 1.54) is 11.1 Å². The van der Waals surface area contributed by atoms with E-state index in [1.807, 2.05) is 0 Å². The van der Waals surface area contributed by atoms with Crippen molar-refractivity contribution in [3.8, 4) is 5.75 Å². The molecule has 6 heteroatoms. The van der Waals surface area contributed by atoms with Gasteiger partial charge in [0.2, 0.25) is 0 Å². The standard InChI is InChI=1S/C21H25ClN2O3/c1-15-3-5-16(6-4-15)19(24-9-11-27-12-10-24)14-23-21(25)18-13-17(22)7-8-20(18)26-2/h3-8,13,19H,9-12,14H2,1-2H3,(H,23,25)/t19-/m1/s1. The van der Waals surface area contributed by atoms with E-state index >= 15 is 0 Å². The van der Waals surface area contributed by atoms with Crippen molar-refractivity contribution in [2.24, 2.45) is 0 Å². The van der Waals surface area contributed by atoms with E-state index in [9.17, 15) is 4.79 Å². The van der Waals surface area contributed by atoms with Gasteiger partial charge in [-0.3, -0.25) is 9.69 Å². The van der Waals surface area contributed by atoms with Crippen LogP contribution < -0.4 is 10.1 Å². The molecule has 0 saturated carbocycles. The van der Waals surface area contributed by atoms with Crippen LogP contribution in [0.2, 0.25) is 5.02 Å². The number of rotatable bonds is 6. The molecule has 1 atom stereocenters. The molecule has 0 aliphatic carbocycles. The van der Waals surface area contributed by atoms with Crippen LogP contribution in [0.5, 0.6) is 5.75 Å². The van der Waals surface area contributed by atoms with Crippen LogP contribution in [0.4, 0.5) is 0 Å². The smallest absolute Gasteiger partial charge is 0.255 e. The number of aryl methyl sites for hydroxylation is 1. The van der Waals surface area contributed by atoms with Crippen molar-refractivity contribution in [1.82, 2.24) is 10.2 Å². The summed E-state index contributed by atoms with van der Waals surface area (Å²) < 4.78 is 10.8. The van der Waals surface area contributed by atoms with Gasteiger partial charge in [0.15, 0.2) is 0 Å². The molecule has 0 bridgehead atoms. The molecular formula is C21H25ClN2O3. The van der Waals surface area contributed by atoms with Gasteiger partial charge in [-0.15, -0.1) is 0 Å². The highest BCUT2D eigenvalue weighted by Gasteiger charge is 2.24. The van der Waals surface area contributed by atoms with Gasteiger partial charge in [0.1, 0.15) is 5.75 Å². The summed E-state index contributed by atoms with van der Waals surface area (Å²) in [5, 5.41) is 3.56. The SMILES string of the molecule is COc1ccc(Cl)cc1C(=O)NC[C@H](c1ccc(C)cc1)N1CCOCC1. The number of ether oxygens (including phenoxy) is 2. The second kappa shape index (κ2) is 9.22. The third-order valence-electron chi connectivity index (χ3n) is 4.81. The van der Waals surface area contributed by atoms with Crippen LogP contribution in [0.3, 0.4) is 0 Å². The largest absolute Gasteiger partial charge is 0.496 e. The van der Waals surface area contributed by atoms with Gasteiger partial charge in [0.05, 0.1) is 31.9 Å². The zero-order valence-corrected chi connectivity index (χ0v) is 16.5. The van der Waals surface area contributed by atoms with Crippen molar-refractivity contribution in [1.29, 1.82) is 0 Å². The second-order valence-corrected chi connectivity index (χ2v) is 7.07. The summed E-state index contributed by atoms with van der Waals surface area (Å²) in [6.07, 6.45) is 0. The van der Waals surface area contributed by atoms with Crippen molar-refractivity contribution >= 4 is 17.5 Å². The van der Waals surface area contributed by atoms with Gasteiger partial charge in [0, 0.05) is 24.7 Å². The number of nitrogens with one attached hydrogen (secondary N) is 1. The Morgan fingerprint density at radius 1 is 1.22 bits per heavy atom. The number of amides is 1. The Labute approximate surface area is 165 Å². The fourth-order valence-corrected chi connectivity index (χ4v) is 3.45. The summed E-state index contributed by atoms with van der Waals surface area (Å²) in [5.41, 5.74) is 2.84. The Morgan fingerprint density at radius 2 is 1.93 bits per heavy atom. The zero-order chi connectivity index (χ0) is 19.2. The number of carbonyl (C=O) groups is 1. The number of hydrogen-bond donors (Lipinski definition) is 1. The van der Waals surface area contributed by atoms with Crippen LogP contribution in [-0.4, -0.2) is 50.8 Å². The maximum Gasteiger partial charge on any atom is 0.255 e. The molecule has 1 N–H and O–H groups in total. The first-order chi connectivity index (χ1) is 13.1. The number of halogens is 1. The molecule has 144 valence electrons. The van der Waals surface area contributed by atoms with Crippen molar-refractivity contribution in [3.05, 3.63) is 64.2 Å². The van der Waals surface area contributed by atoms with E-state index in [-0.39, 0.29) is 11.9 Å². The molecular weight excluding hydrogens is 364 g/mol. The minimum Gasteiger partial charge on any atom is -0.496 e. The molecule has 27 heavy (non-hydrogen) atoms. The van der Waals surface area contributed by atoms with E-state index in [0.29, 0.717) is 36.1 Å². The molecule has 1 amide bonds. The summed E-state index contributed by atoms with van der Waals surface area (Å²) in [4.78, 5) is 15.1. The van der Waals surface area contributed by atoms with E-state index < -0.39 is 0 Å². The summed E-state index contributed by atoms with van der Waals surface area (Å²) in [5.74, 6) is 0.315. The maximum absolute atomic E-state index is 12.8. The molecule has 1 fully saturated rings. The average molecular weight is 389 g/mol. The summed E-state index contributed by atoms with van der Waals surface area (Å²) in [7, 11) is 1.54. The Balaban J connectivity index is 1.77. The highest BCUT2D eigenvalue weighted by Crippen LogP contribution is 2.24. The normalized spacial score (nSPS) is 16.0. The summed E-state index contributed by atoms with van der Waals surface area (Å²) >= 11 is 6.06. The van der Waals surface area contributed by atoms with Gasteiger partial charge in [-0.2, -0.15) is 0 Å². The lowest BCUT2D eigenvalue weighted by Crippen LogP contribution is -2.43. The molecule has 2 aromatic rings. The first-order valence-electron chi connectivity index (χ1n) is 9.08. The average Bonchev–Trinajstić information content (AvgIpc) is 2.70. The molecule has 1 heterocycles. The lowest BCUT2D eigenvalue weighted by atomic mass is 10.0. The number of carbonyl (C=O) groups excluding carboxylic acids is 1. The molecule has 5 nitrogen and oxygen atoms in total. The molecule has 1 aliphatic heterocycles. The van der Waals surface area contributed by atoms with Gasteiger partial charge >= 0.3 is 0 Å². The van der Waals surface area contributed by atoms with Gasteiger partial charge in [-0.05, 0) is 30.7 Å². The number of nitrogens with zero attached hydrogens (tertiary/aromatic N) is 1. The van der Waals surface area contributed by atoms with Gasteiger partial charge in [0.25, 0.3) is 5.91 Å². The van der Waals surface area contributed by atoms with Crippen LogP contribution in [0.15, 0.2) is 42.5 Å². The monoisotopic (exact) mass is 388 g/mol. The van der Waals surface area contributed by atoms with Crippen molar-refractivity contribution in [2.75, 3.05) is 40.0 Å². The number of methoxy groups -OCH3 is 1. The second-order valence-electron chi connectivity index (χ2n) is 6.63. The minimum atomic E-state index is -0.195. The molecule has 2 aromatic carbocycles. The van der Waals surface area contributed by atoms with Crippen molar-refractivity contribution < 1.29 is 14.3 Å². The fourth-order valence-electron chi connectivity index (χ4n) is 3.28. The highest BCUT2D eigenvalue weighted by molar-refractivity contribution is 6.31. The number of benzene rings is 2. The Kier molecular flexibility index (Phi) is 6.72. The predicted octanol–water partition coefficient (Wildman–Crippen LogP) is 3.46. The van der Waals surface area contributed by atoms with Crippen molar-refractivity contribution in [2.45, 2.75) is 13.0 Å². The third kappa shape index (κ3) is 5.01. The summed E-state index contributed by atoms with van der Waals surface area (Å²) in [6, 6.07) is 13.6. The molecule has 3 rings (SSSR count). The van der Waals surface area contributed by atoms with E-state index in [1.54, 1.807) is 25.3 Å². The van der Waals surface area contributed by atoms with Crippen LogP contribution in [0.25, 0.3) is 0 Å². The Morgan fingerprint density at radius 3 is 2.59 bits per heavy atom. The lowest BCUT2D eigenvalue weighted by Gasteiger charge is -2.35. The van der Waals surface area contributed by atoms with Gasteiger partial charge in [-0.25, -0.2) is 0 Å². The molecule has 0 aromatic heterocycles. The first-order valence-corrected chi connectivity index (χ1v) is 9.46. The first kappa shape index (κ1) is 19.7. The quantitative estimate of drug-likeness (QED) is 0.823. The topological polar surface area (TPSA) is 50.8 Å². The zero-order valence-electron chi connectivity index (χ0n) is 15.7. The fraction of sp³-hybridized carbons (Fsp3) is 0.381. The maximum atomic E-state index is 12.8. The van der Waals surface area contributed by atoms with Crippen LogP contribution in [-0.2, 0) is 4.74 Å². The molecule has 0 unspecified atom stereocenters. The van der Waals surface area contributed by atoms with E-state index in [4.69, 9.17) is 21.1 Å². The van der Waals surface area contributed by atoms with E-state index in [0.717, 1.165) is 13.1 Å². The van der Waals surface area contributed by atoms with Crippen LogP contribution in [0, 0.1) is 6.92 Å². The molecule has 0 spiro atoms. The Bertz CT molecular complexity index is 773.